The van der Waals surface area contributed by atoms with Crippen molar-refractivity contribution in [1.82, 2.24) is 5.32 Å². The van der Waals surface area contributed by atoms with Gasteiger partial charge in [0.05, 0.1) is 12.3 Å². The van der Waals surface area contributed by atoms with Crippen LogP contribution in [0.3, 0.4) is 0 Å². The van der Waals surface area contributed by atoms with E-state index in [1.54, 1.807) is 18.2 Å². The molecule has 1 heterocycles. The Morgan fingerprint density at radius 3 is 2.42 bits per heavy atom. The van der Waals surface area contributed by atoms with Crippen molar-refractivity contribution < 1.29 is 41.8 Å². The summed E-state index contributed by atoms with van der Waals surface area (Å²) in [4.78, 5) is 47.3. The number of aliphatic carboxylic acids is 1. The minimum absolute atomic E-state index is 0.0316. The quantitative estimate of drug-likeness (QED) is 0.338. The molecule has 0 saturated carbocycles. The Labute approximate surface area is 221 Å². The Hall–Kier alpha value is -3.47. The number of carboxylic acid groups (broad SMARTS) is 1. The van der Waals surface area contributed by atoms with Gasteiger partial charge in [-0.1, -0.05) is 48.9 Å². The molecule has 0 aromatic heterocycles. The molecule has 0 saturated heterocycles. The minimum Gasteiger partial charge on any atom is -0.481 e. The number of carbonyl (C=O) groups is 4. The molecule has 0 bridgehead atoms. The van der Waals surface area contributed by atoms with Gasteiger partial charge >= 0.3 is 12.1 Å². The molecule has 0 fully saturated rings. The topological polar surface area (TPSA) is 104 Å². The third-order valence-corrected chi connectivity index (χ3v) is 6.21. The number of hydrogen-bond acceptors (Lipinski definition) is 4. The minimum atomic E-state index is -4.20. The van der Waals surface area contributed by atoms with E-state index in [2.05, 4.69) is 5.32 Å². The highest BCUT2D eigenvalue weighted by atomic mass is 35.5. The van der Waals surface area contributed by atoms with Gasteiger partial charge < -0.3 is 15.3 Å². The summed E-state index contributed by atoms with van der Waals surface area (Å²) in [6.45, 7) is 0.141. The van der Waals surface area contributed by atoms with E-state index < -0.39 is 54.9 Å². The summed E-state index contributed by atoms with van der Waals surface area (Å²) in [7, 11) is 0. The van der Waals surface area contributed by atoms with Crippen LogP contribution in [0.1, 0.15) is 43.2 Å². The molecule has 38 heavy (non-hydrogen) atoms. The fourth-order valence-electron chi connectivity index (χ4n) is 4.12. The lowest BCUT2D eigenvalue weighted by Gasteiger charge is -2.34. The fraction of sp³-hybridized carbons (Fsp3) is 0.385. The fourth-order valence-corrected chi connectivity index (χ4v) is 4.32. The summed E-state index contributed by atoms with van der Waals surface area (Å²) in [5.41, 5.74) is 1.73. The molecule has 3 unspecified atom stereocenters. The number of hydrogen-bond donors (Lipinski definition) is 2. The Balaban J connectivity index is 0.000000308. The number of aryl methyl sites for hydroxylation is 1. The van der Waals surface area contributed by atoms with Crippen LogP contribution in [0.15, 0.2) is 48.5 Å². The van der Waals surface area contributed by atoms with Crippen LogP contribution in [-0.4, -0.2) is 54.1 Å². The molecule has 3 rings (SSSR count). The van der Waals surface area contributed by atoms with Crippen molar-refractivity contribution in [1.29, 1.82) is 0 Å². The summed E-state index contributed by atoms with van der Waals surface area (Å²) in [6, 6.07) is 10.7. The maximum Gasteiger partial charge on any atom is 0.395 e. The number of rotatable bonds is 9. The average Bonchev–Trinajstić information content (AvgIpc) is 2.86. The lowest BCUT2D eigenvalue weighted by Crippen LogP contribution is -2.53. The van der Waals surface area contributed by atoms with Gasteiger partial charge in [0.2, 0.25) is 12.3 Å². The highest BCUT2D eigenvalue weighted by Gasteiger charge is 2.39. The average molecular weight is 559 g/mol. The molecule has 7 nitrogen and oxygen atoms in total. The van der Waals surface area contributed by atoms with Crippen LogP contribution in [0.5, 0.6) is 0 Å². The van der Waals surface area contributed by atoms with Gasteiger partial charge in [0.25, 0.3) is 0 Å². The molecular formula is C26H27ClF4N2O5. The number of halogens is 5. The first-order valence-electron chi connectivity index (χ1n) is 11.7. The molecule has 1 aliphatic rings. The van der Waals surface area contributed by atoms with Crippen LogP contribution in [-0.2, 0) is 25.6 Å². The number of benzene rings is 2. The second kappa shape index (κ2) is 13.9. The number of Topliss-reactive ketones (excluding diaryl/α,β-unsaturated/α-hetero) is 1. The second-order valence-corrected chi connectivity index (χ2v) is 8.95. The third kappa shape index (κ3) is 8.27. The summed E-state index contributed by atoms with van der Waals surface area (Å²) >= 11 is 5.63. The Morgan fingerprint density at radius 2 is 1.87 bits per heavy atom. The van der Waals surface area contributed by atoms with E-state index in [1.165, 1.54) is 30.0 Å². The van der Waals surface area contributed by atoms with Gasteiger partial charge in [0, 0.05) is 10.7 Å². The molecule has 2 aromatic carbocycles. The van der Waals surface area contributed by atoms with E-state index in [0.717, 1.165) is 5.56 Å². The summed E-state index contributed by atoms with van der Waals surface area (Å²) < 4.78 is 50.0. The molecule has 206 valence electrons. The van der Waals surface area contributed by atoms with Gasteiger partial charge in [-0.25, -0.2) is 4.39 Å². The van der Waals surface area contributed by atoms with Crippen LogP contribution in [0.4, 0.5) is 23.2 Å². The monoisotopic (exact) mass is 558 g/mol. The van der Waals surface area contributed by atoms with E-state index >= 15 is 0 Å². The number of para-hydroxylation sites is 1. The number of carboxylic acids is 1. The van der Waals surface area contributed by atoms with Crippen molar-refractivity contribution in [2.75, 3.05) is 11.6 Å². The first-order valence-corrected chi connectivity index (χ1v) is 12.0. The number of amides is 2. The standard InChI is InChI=1S/C16H17FN2O5.C10H10ClF3/c17-8-14(21)11(7-15(22)23)18-16(24)13-6-5-10-3-1-2-4-12(10)19(13)9-20;1-2-9(10(12,13)14)7-4-3-5-8(11)6-7/h1-4,9,11,13H,5-8H2,(H,18,24)(H,22,23);3-6,9H,2H2,1H3. The number of ketones is 1. The SMILES string of the molecule is CCC(c1cccc(Cl)c1)C(F)(F)F.O=CN1c2ccccc2CCC1C(=O)NC(CC(=O)O)C(=O)CF. The lowest BCUT2D eigenvalue weighted by molar-refractivity contribution is -0.151. The number of nitrogens with one attached hydrogen (secondary N) is 1. The summed E-state index contributed by atoms with van der Waals surface area (Å²) in [5.74, 6) is -4.44. The molecule has 1 aliphatic heterocycles. The Kier molecular flexibility index (Phi) is 11.2. The molecule has 12 heteroatoms. The zero-order valence-electron chi connectivity index (χ0n) is 20.4. The molecule has 0 aliphatic carbocycles. The van der Waals surface area contributed by atoms with E-state index in [9.17, 15) is 36.7 Å². The maximum atomic E-state index is 12.6. The second-order valence-electron chi connectivity index (χ2n) is 8.51. The summed E-state index contributed by atoms with van der Waals surface area (Å²) in [6.07, 6.45) is -3.47. The van der Waals surface area contributed by atoms with Gasteiger partial charge in [-0.2, -0.15) is 13.2 Å². The van der Waals surface area contributed by atoms with Gasteiger partial charge in [-0.05, 0) is 48.6 Å². The molecule has 0 radical (unpaired) electrons. The van der Waals surface area contributed by atoms with Crippen LogP contribution < -0.4 is 10.2 Å². The molecule has 2 amide bonds. The van der Waals surface area contributed by atoms with Crippen LogP contribution in [0.25, 0.3) is 0 Å². The lowest BCUT2D eigenvalue weighted by atomic mass is 9.95. The van der Waals surface area contributed by atoms with Crippen LogP contribution >= 0.6 is 11.6 Å². The van der Waals surface area contributed by atoms with Crippen LogP contribution in [0.2, 0.25) is 5.02 Å². The predicted octanol–water partition coefficient (Wildman–Crippen LogP) is 4.86. The number of carbonyl (C=O) groups excluding carboxylic acids is 3. The van der Waals surface area contributed by atoms with E-state index in [1.807, 2.05) is 12.1 Å². The first-order chi connectivity index (χ1) is 17.9. The van der Waals surface area contributed by atoms with E-state index in [4.69, 9.17) is 16.7 Å². The molecule has 2 aromatic rings. The van der Waals surface area contributed by atoms with E-state index in [-0.39, 0.29) is 12.0 Å². The number of alkyl halides is 4. The highest BCUT2D eigenvalue weighted by Crippen LogP contribution is 2.37. The van der Waals surface area contributed by atoms with Gasteiger partial charge in [0.1, 0.15) is 18.8 Å². The Morgan fingerprint density at radius 1 is 1.18 bits per heavy atom. The molecular weight excluding hydrogens is 532 g/mol. The van der Waals surface area contributed by atoms with Gasteiger partial charge in [0.15, 0.2) is 5.78 Å². The van der Waals surface area contributed by atoms with Crippen molar-refractivity contribution in [3.05, 3.63) is 64.7 Å². The normalized spacial score (nSPS) is 16.3. The van der Waals surface area contributed by atoms with Crippen molar-refractivity contribution in [3.8, 4) is 0 Å². The van der Waals surface area contributed by atoms with Crippen molar-refractivity contribution in [2.45, 2.75) is 56.8 Å². The molecule has 2 N–H and O–H groups in total. The highest BCUT2D eigenvalue weighted by molar-refractivity contribution is 6.30. The number of anilines is 1. The number of fused-ring (bicyclic) bond motifs is 1. The van der Waals surface area contributed by atoms with Gasteiger partial charge in [-0.15, -0.1) is 0 Å². The van der Waals surface area contributed by atoms with Crippen molar-refractivity contribution >= 4 is 41.4 Å². The zero-order valence-corrected chi connectivity index (χ0v) is 21.1. The van der Waals surface area contributed by atoms with Crippen LogP contribution in [0, 0.1) is 0 Å². The smallest absolute Gasteiger partial charge is 0.395 e. The van der Waals surface area contributed by atoms with Crippen molar-refractivity contribution in [2.24, 2.45) is 0 Å². The largest absolute Gasteiger partial charge is 0.481 e. The Bertz CT molecular complexity index is 1140. The molecule has 0 spiro atoms. The first kappa shape index (κ1) is 30.8. The van der Waals surface area contributed by atoms with E-state index in [0.29, 0.717) is 30.0 Å². The third-order valence-electron chi connectivity index (χ3n) is 5.98. The zero-order chi connectivity index (χ0) is 28.5. The van der Waals surface area contributed by atoms with Crippen molar-refractivity contribution in [3.63, 3.8) is 0 Å². The predicted molar refractivity (Wildman–Crippen MR) is 133 cm³/mol. The molecule has 3 atom stereocenters. The number of nitrogens with zero attached hydrogens (tertiary/aromatic N) is 1. The summed E-state index contributed by atoms with van der Waals surface area (Å²) in [5, 5.41) is 11.4. The van der Waals surface area contributed by atoms with Gasteiger partial charge in [-0.3, -0.25) is 19.2 Å². The maximum absolute atomic E-state index is 12.6.